The first kappa shape index (κ1) is 16.8. The van der Waals surface area contributed by atoms with Gasteiger partial charge in [-0.25, -0.2) is 4.79 Å². The van der Waals surface area contributed by atoms with E-state index >= 15 is 0 Å². The number of hydrogen-bond acceptors (Lipinski definition) is 2. The Morgan fingerprint density at radius 3 is 2.45 bits per heavy atom. The summed E-state index contributed by atoms with van der Waals surface area (Å²) in [7, 11) is 0. The van der Waals surface area contributed by atoms with Crippen molar-refractivity contribution in [2.45, 2.75) is 59.4 Å². The standard InChI is InChI=1S/C15H28N2O3/c1-11(13(18)19)6-5-7-12(2)16-14(20)17-9-8-15(3,4)10-17/h11-12H,5-10H2,1-4H3,(H,16,20)(H,18,19). The molecule has 1 saturated heterocycles. The summed E-state index contributed by atoms with van der Waals surface area (Å²) in [5.74, 6) is -1.06. The van der Waals surface area contributed by atoms with Crippen molar-refractivity contribution in [2.75, 3.05) is 13.1 Å². The van der Waals surface area contributed by atoms with Crippen molar-refractivity contribution >= 4 is 12.0 Å². The number of carbonyl (C=O) groups is 2. The Kier molecular flexibility index (Phi) is 5.84. The highest BCUT2D eigenvalue weighted by atomic mass is 16.4. The average molecular weight is 284 g/mol. The topological polar surface area (TPSA) is 69.6 Å². The van der Waals surface area contributed by atoms with Crippen LogP contribution in [0.5, 0.6) is 0 Å². The number of carboxylic acid groups (broad SMARTS) is 1. The molecular formula is C15H28N2O3. The molecule has 2 amide bonds. The molecule has 2 N–H and O–H groups in total. The predicted molar refractivity (Wildman–Crippen MR) is 78.6 cm³/mol. The molecule has 1 fully saturated rings. The van der Waals surface area contributed by atoms with E-state index in [0.29, 0.717) is 6.42 Å². The number of rotatable bonds is 6. The Bertz CT molecular complexity index is 355. The van der Waals surface area contributed by atoms with Crippen LogP contribution in [0.1, 0.15) is 53.4 Å². The smallest absolute Gasteiger partial charge is 0.317 e. The van der Waals surface area contributed by atoms with Crippen molar-refractivity contribution in [1.29, 1.82) is 0 Å². The van der Waals surface area contributed by atoms with Gasteiger partial charge in [-0.2, -0.15) is 0 Å². The van der Waals surface area contributed by atoms with Crippen LogP contribution in [-0.4, -0.2) is 41.1 Å². The molecule has 5 heteroatoms. The van der Waals surface area contributed by atoms with E-state index in [1.165, 1.54) is 0 Å². The molecule has 0 spiro atoms. The second kappa shape index (κ2) is 6.95. The van der Waals surface area contributed by atoms with Crippen molar-refractivity contribution in [3.8, 4) is 0 Å². The van der Waals surface area contributed by atoms with Gasteiger partial charge in [0.15, 0.2) is 0 Å². The fourth-order valence-electron chi connectivity index (χ4n) is 2.51. The van der Waals surface area contributed by atoms with Gasteiger partial charge in [0.1, 0.15) is 0 Å². The third-order valence-corrected chi connectivity index (χ3v) is 4.03. The Balaban J connectivity index is 2.23. The number of carboxylic acids is 1. The molecule has 0 radical (unpaired) electrons. The zero-order valence-electron chi connectivity index (χ0n) is 13.1. The lowest BCUT2D eigenvalue weighted by atomic mass is 9.93. The number of carbonyl (C=O) groups excluding carboxylic acids is 1. The van der Waals surface area contributed by atoms with Crippen molar-refractivity contribution in [1.82, 2.24) is 10.2 Å². The number of likely N-dealkylation sites (tertiary alicyclic amines) is 1. The lowest BCUT2D eigenvalue weighted by Crippen LogP contribution is -2.43. The van der Waals surface area contributed by atoms with Crippen LogP contribution in [0.2, 0.25) is 0 Å². The first-order chi connectivity index (χ1) is 9.21. The maximum absolute atomic E-state index is 12.1. The molecule has 0 aromatic rings. The minimum absolute atomic E-state index is 0.00866. The molecule has 20 heavy (non-hydrogen) atoms. The molecule has 0 aromatic carbocycles. The van der Waals surface area contributed by atoms with Crippen LogP contribution < -0.4 is 5.32 Å². The summed E-state index contributed by atoms with van der Waals surface area (Å²) in [5.41, 5.74) is 0.220. The van der Waals surface area contributed by atoms with Gasteiger partial charge < -0.3 is 15.3 Å². The molecule has 0 aromatic heterocycles. The fourth-order valence-corrected chi connectivity index (χ4v) is 2.51. The van der Waals surface area contributed by atoms with Crippen molar-refractivity contribution in [2.24, 2.45) is 11.3 Å². The van der Waals surface area contributed by atoms with E-state index in [4.69, 9.17) is 5.11 Å². The fraction of sp³-hybridized carbons (Fsp3) is 0.867. The molecule has 116 valence electrons. The van der Waals surface area contributed by atoms with Gasteiger partial charge in [-0.05, 0) is 31.6 Å². The highest BCUT2D eigenvalue weighted by Gasteiger charge is 2.32. The van der Waals surface area contributed by atoms with Gasteiger partial charge in [-0.1, -0.05) is 27.2 Å². The number of urea groups is 1. The van der Waals surface area contributed by atoms with Crippen molar-refractivity contribution in [3.63, 3.8) is 0 Å². The first-order valence-corrected chi connectivity index (χ1v) is 7.49. The van der Waals surface area contributed by atoms with Gasteiger partial charge in [0.25, 0.3) is 0 Å². The summed E-state index contributed by atoms with van der Waals surface area (Å²) in [4.78, 5) is 24.7. The summed E-state index contributed by atoms with van der Waals surface area (Å²) in [6, 6.07) is 0.0987. The van der Waals surface area contributed by atoms with Crippen LogP contribution in [0.4, 0.5) is 4.79 Å². The Morgan fingerprint density at radius 1 is 1.30 bits per heavy atom. The maximum Gasteiger partial charge on any atom is 0.317 e. The number of amides is 2. The largest absolute Gasteiger partial charge is 0.481 e. The van der Waals surface area contributed by atoms with Crippen LogP contribution in [0, 0.1) is 11.3 Å². The molecule has 2 atom stereocenters. The SMILES string of the molecule is CC(CCCC(C)C(=O)O)NC(=O)N1CCC(C)(C)C1. The van der Waals surface area contributed by atoms with E-state index in [1.54, 1.807) is 6.92 Å². The molecule has 5 nitrogen and oxygen atoms in total. The minimum Gasteiger partial charge on any atom is -0.481 e. The summed E-state index contributed by atoms with van der Waals surface area (Å²) in [6.45, 7) is 9.68. The monoisotopic (exact) mass is 284 g/mol. The quantitative estimate of drug-likeness (QED) is 0.788. The molecule has 0 bridgehead atoms. The van der Waals surface area contributed by atoms with Gasteiger partial charge >= 0.3 is 12.0 Å². The second-order valence-electron chi connectivity index (χ2n) is 6.86. The Morgan fingerprint density at radius 2 is 1.95 bits per heavy atom. The molecule has 0 saturated carbocycles. The number of nitrogens with one attached hydrogen (secondary N) is 1. The normalized spacial score (nSPS) is 20.5. The Hall–Kier alpha value is -1.26. The van der Waals surface area contributed by atoms with E-state index in [1.807, 2.05) is 11.8 Å². The Labute approximate surface area is 121 Å². The van der Waals surface area contributed by atoms with Crippen LogP contribution in [0.25, 0.3) is 0 Å². The van der Waals surface area contributed by atoms with Crippen LogP contribution in [0.3, 0.4) is 0 Å². The number of nitrogens with zero attached hydrogens (tertiary/aromatic N) is 1. The van der Waals surface area contributed by atoms with E-state index in [-0.39, 0.29) is 23.4 Å². The van der Waals surface area contributed by atoms with E-state index in [9.17, 15) is 9.59 Å². The molecule has 2 unspecified atom stereocenters. The van der Waals surface area contributed by atoms with E-state index in [2.05, 4.69) is 19.2 Å². The van der Waals surface area contributed by atoms with Gasteiger partial charge in [0.2, 0.25) is 0 Å². The van der Waals surface area contributed by atoms with E-state index < -0.39 is 5.97 Å². The zero-order chi connectivity index (χ0) is 15.3. The third-order valence-electron chi connectivity index (χ3n) is 4.03. The average Bonchev–Trinajstić information content (AvgIpc) is 2.69. The number of hydrogen-bond donors (Lipinski definition) is 2. The van der Waals surface area contributed by atoms with E-state index in [0.717, 1.165) is 32.4 Å². The molecular weight excluding hydrogens is 256 g/mol. The minimum atomic E-state index is -0.749. The lowest BCUT2D eigenvalue weighted by Gasteiger charge is -2.23. The molecule has 1 rings (SSSR count). The molecule has 0 aliphatic carbocycles. The van der Waals surface area contributed by atoms with Crippen LogP contribution >= 0.6 is 0 Å². The van der Waals surface area contributed by atoms with Gasteiger partial charge in [0, 0.05) is 19.1 Å². The highest BCUT2D eigenvalue weighted by molar-refractivity contribution is 5.74. The van der Waals surface area contributed by atoms with Gasteiger partial charge in [-0.3, -0.25) is 4.79 Å². The molecule has 1 aliphatic rings. The van der Waals surface area contributed by atoms with Crippen LogP contribution in [0.15, 0.2) is 0 Å². The first-order valence-electron chi connectivity index (χ1n) is 7.49. The summed E-state index contributed by atoms with van der Waals surface area (Å²) in [6.07, 6.45) is 3.35. The highest BCUT2D eigenvalue weighted by Crippen LogP contribution is 2.28. The number of aliphatic carboxylic acids is 1. The van der Waals surface area contributed by atoms with Gasteiger partial charge in [-0.15, -0.1) is 0 Å². The van der Waals surface area contributed by atoms with Crippen molar-refractivity contribution in [3.05, 3.63) is 0 Å². The molecule has 1 heterocycles. The predicted octanol–water partition coefficient (Wildman–Crippen LogP) is 2.71. The summed E-state index contributed by atoms with van der Waals surface area (Å²) < 4.78 is 0. The summed E-state index contributed by atoms with van der Waals surface area (Å²) in [5, 5.41) is 11.8. The van der Waals surface area contributed by atoms with Crippen LogP contribution in [-0.2, 0) is 4.79 Å². The second-order valence-corrected chi connectivity index (χ2v) is 6.86. The molecule has 1 aliphatic heterocycles. The zero-order valence-corrected chi connectivity index (χ0v) is 13.1. The maximum atomic E-state index is 12.1. The van der Waals surface area contributed by atoms with Gasteiger partial charge in [0.05, 0.1) is 5.92 Å². The lowest BCUT2D eigenvalue weighted by molar-refractivity contribution is -0.141. The van der Waals surface area contributed by atoms with Crippen molar-refractivity contribution < 1.29 is 14.7 Å². The third kappa shape index (κ3) is 5.39. The summed E-state index contributed by atoms with van der Waals surface area (Å²) >= 11 is 0.